The fourth-order valence-electron chi connectivity index (χ4n) is 3.51. The van der Waals surface area contributed by atoms with Crippen LogP contribution in [0.5, 0.6) is 0 Å². The van der Waals surface area contributed by atoms with Gasteiger partial charge in [-0.25, -0.2) is 4.39 Å². The summed E-state index contributed by atoms with van der Waals surface area (Å²) in [6, 6.07) is 14.2. The highest BCUT2D eigenvalue weighted by Crippen LogP contribution is 2.41. The summed E-state index contributed by atoms with van der Waals surface area (Å²) in [5.74, 6) is -2.29. The van der Waals surface area contributed by atoms with Crippen molar-refractivity contribution >= 4 is 0 Å². The molecule has 4 nitrogen and oxygen atoms in total. The quantitative estimate of drug-likeness (QED) is 0.831. The summed E-state index contributed by atoms with van der Waals surface area (Å²) in [5, 5.41) is 20.7. The minimum absolute atomic E-state index is 0.00151. The fraction of sp³-hybridized carbons (Fsp3) is 0.429. The van der Waals surface area contributed by atoms with Gasteiger partial charge in [0, 0.05) is 18.4 Å². The van der Waals surface area contributed by atoms with Crippen LogP contribution in [0.1, 0.15) is 29.0 Å². The Morgan fingerprint density at radius 2 is 2.00 bits per heavy atom. The SMILES string of the molecule is Cc1cc(F)ccc1C1CC(CO)COC1(O)COCc1ccccc1. The first-order valence-electron chi connectivity index (χ1n) is 8.87. The van der Waals surface area contributed by atoms with E-state index in [9.17, 15) is 14.6 Å². The lowest BCUT2D eigenvalue weighted by Gasteiger charge is -2.43. The summed E-state index contributed by atoms with van der Waals surface area (Å²) in [6.45, 7) is 2.43. The molecule has 26 heavy (non-hydrogen) atoms. The van der Waals surface area contributed by atoms with Gasteiger partial charge in [0.15, 0.2) is 5.79 Å². The van der Waals surface area contributed by atoms with Gasteiger partial charge in [-0.15, -0.1) is 0 Å². The molecule has 1 fully saturated rings. The molecular weight excluding hydrogens is 335 g/mol. The summed E-state index contributed by atoms with van der Waals surface area (Å²) < 4.78 is 25.0. The molecule has 1 heterocycles. The maximum atomic E-state index is 13.5. The zero-order valence-corrected chi connectivity index (χ0v) is 14.9. The molecule has 3 rings (SSSR count). The van der Waals surface area contributed by atoms with Crippen molar-refractivity contribution in [2.75, 3.05) is 19.8 Å². The number of hydrogen-bond donors (Lipinski definition) is 2. The van der Waals surface area contributed by atoms with Crippen LogP contribution in [0.3, 0.4) is 0 Å². The normalized spacial score (nSPS) is 26.0. The zero-order valence-electron chi connectivity index (χ0n) is 14.9. The second-order valence-corrected chi connectivity index (χ2v) is 6.97. The highest BCUT2D eigenvalue weighted by molar-refractivity contribution is 5.32. The van der Waals surface area contributed by atoms with Gasteiger partial charge in [0.25, 0.3) is 0 Å². The van der Waals surface area contributed by atoms with E-state index in [1.807, 2.05) is 37.3 Å². The Labute approximate surface area is 153 Å². The van der Waals surface area contributed by atoms with Gasteiger partial charge in [0.1, 0.15) is 12.4 Å². The molecule has 0 saturated carbocycles. The van der Waals surface area contributed by atoms with Crippen LogP contribution in [0.25, 0.3) is 0 Å². The second kappa shape index (κ2) is 8.27. The van der Waals surface area contributed by atoms with Crippen LogP contribution in [0.2, 0.25) is 0 Å². The number of aliphatic hydroxyl groups excluding tert-OH is 1. The third-order valence-corrected chi connectivity index (χ3v) is 4.97. The van der Waals surface area contributed by atoms with Crippen molar-refractivity contribution in [1.82, 2.24) is 0 Å². The average molecular weight is 360 g/mol. The molecule has 140 valence electrons. The lowest BCUT2D eigenvalue weighted by atomic mass is 9.79. The van der Waals surface area contributed by atoms with Gasteiger partial charge in [-0.05, 0) is 42.2 Å². The van der Waals surface area contributed by atoms with Crippen LogP contribution in [0, 0.1) is 18.7 Å². The number of hydrogen-bond acceptors (Lipinski definition) is 4. The van der Waals surface area contributed by atoms with Gasteiger partial charge >= 0.3 is 0 Å². The molecule has 5 heteroatoms. The Morgan fingerprint density at radius 1 is 1.23 bits per heavy atom. The molecule has 1 aliphatic heterocycles. The maximum Gasteiger partial charge on any atom is 0.196 e. The van der Waals surface area contributed by atoms with E-state index in [0.29, 0.717) is 13.0 Å². The standard InChI is InChI=1S/C21H25FO4/c1-15-9-18(22)7-8-19(15)20-10-17(11-23)13-26-21(20,24)14-25-12-16-5-3-2-4-6-16/h2-9,17,20,23-24H,10-14H2,1H3. The zero-order chi connectivity index (χ0) is 18.6. The Kier molecular flexibility index (Phi) is 6.04. The van der Waals surface area contributed by atoms with Crippen LogP contribution in [0.15, 0.2) is 48.5 Å². The molecule has 0 spiro atoms. The Hall–Kier alpha value is -1.79. The number of aryl methyl sites for hydroxylation is 1. The van der Waals surface area contributed by atoms with Crippen molar-refractivity contribution in [1.29, 1.82) is 0 Å². The molecular formula is C21H25FO4. The molecule has 2 aromatic rings. The number of aliphatic hydroxyl groups is 2. The molecule has 0 radical (unpaired) electrons. The van der Waals surface area contributed by atoms with Crippen LogP contribution in [-0.4, -0.2) is 35.8 Å². The van der Waals surface area contributed by atoms with E-state index < -0.39 is 11.7 Å². The van der Waals surface area contributed by atoms with Crippen molar-refractivity contribution in [2.45, 2.75) is 31.7 Å². The summed E-state index contributed by atoms with van der Waals surface area (Å²) in [4.78, 5) is 0. The largest absolute Gasteiger partial charge is 0.396 e. The third kappa shape index (κ3) is 4.30. The molecule has 0 bridgehead atoms. The molecule has 0 aromatic heterocycles. The summed E-state index contributed by atoms with van der Waals surface area (Å²) >= 11 is 0. The number of benzene rings is 2. The van der Waals surface area contributed by atoms with Gasteiger partial charge in [0.2, 0.25) is 0 Å². The minimum atomic E-state index is -1.51. The van der Waals surface area contributed by atoms with Gasteiger partial charge in [-0.2, -0.15) is 0 Å². The number of halogens is 1. The van der Waals surface area contributed by atoms with Crippen molar-refractivity contribution in [2.24, 2.45) is 5.92 Å². The lowest BCUT2D eigenvalue weighted by molar-refractivity contribution is -0.275. The van der Waals surface area contributed by atoms with Gasteiger partial charge < -0.3 is 19.7 Å². The first-order chi connectivity index (χ1) is 12.5. The van der Waals surface area contributed by atoms with Crippen LogP contribution < -0.4 is 0 Å². The van der Waals surface area contributed by atoms with E-state index in [1.54, 1.807) is 6.07 Å². The van der Waals surface area contributed by atoms with Gasteiger partial charge in [0.05, 0.1) is 13.2 Å². The smallest absolute Gasteiger partial charge is 0.196 e. The van der Waals surface area contributed by atoms with Crippen LogP contribution in [0.4, 0.5) is 4.39 Å². The molecule has 1 saturated heterocycles. The molecule has 1 aliphatic rings. The minimum Gasteiger partial charge on any atom is -0.396 e. The molecule has 2 aromatic carbocycles. The van der Waals surface area contributed by atoms with Crippen molar-refractivity contribution in [3.8, 4) is 0 Å². The monoisotopic (exact) mass is 360 g/mol. The first-order valence-corrected chi connectivity index (χ1v) is 8.87. The highest BCUT2D eigenvalue weighted by Gasteiger charge is 2.45. The number of rotatable bonds is 6. The van der Waals surface area contributed by atoms with Crippen molar-refractivity contribution in [3.05, 3.63) is 71.0 Å². The fourth-order valence-corrected chi connectivity index (χ4v) is 3.51. The second-order valence-electron chi connectivity index (χ2n) is 6.97. The Morgan fingerprint density at radius 3 is 2.69 bits per heavy atom. The predicted octanol–water partition coefficient (Wildman–Crippen LogP) is 3.15. The highest BCUT2D eigenvalue weighted by atomic mass is 19.1. The molecule has 3 atom stereocenters. The summed E-state index contributed by atoms with van der Waals surface area (Å²) in [6.07, 6.45) is 0.550. The van der Waals surface area contributed by atoms with Crippen LogP contribution >= 0.6 is 0 Å². The summed E-state index contributed by atoms with van der Waals surface area (Å²) in [7, 11) is 0. The molecule has 0 amide bonds. The molecule has 3 unspecified atom stereocenters. The van der Waals surface area contributed by atoms with E-state index in [4.69, 9.17) is 9.47 Å². The van der Waals surface area contributed by atoms with E-state index in [-0.39, 0.29) is 31.6 Å². The third-order valence-electron chi connectivity index (χ3n) is 4.97. The van der Waals surface area contributed by atoms with E-state index in [1.165, 1.54) is 12.1 Å². The Balaban J connectivity index is 1.77. The van der Waals surface area contributed by atoms with E-state index in [2.05, 4.69) is 0 Å². The van der Waals surface area contributed by atoms with Crippen molar-refractivity contribution < 1.29 is 24.1 Å². The van der Waals surface area contributed by atoms with Gasteiger partial charge in [-0.1, -0.05) is 36.4 Å². The molecule has 2 N–H and O–H groups in total. The molecule has 0 aliphatic carbocycles. The number of ether oxygens (including phenoxy) is 2. The topological polar surface area (TPSA) is 58.9 Å². The van der Waals surface area contributed by atoms with E-state index in [0.717, 1.165) is 16.7 Å². The van der Waals surface area contributed by atoms with Crippen LogP contribution in [-0.2, 0) is 16.1 Å². The first kappa shape index (κ1) is 19.0. The maximum absolute atomic E-state index is 13.5. The Bertz CT molecular complexity index is 721. The average Bonchev–Trinajstić information content (AvgIpc) is 2.64. The van der Waals surface area contributed by atoms with Crippen molar-refractivity contribution in [3.63, 3.8) is 0 Å². The lowest BCUT2D eigenvalue weighted by Crippen LogP contribution is -2.50. The summed E-state index contributed by atoms with van der Waals surface area (Å²) in [5.41, 5.74) is 2.57. The van der Waals surface area contributed by atoms with Gasteiger partial charge in [-0.3, -0.25) is 0 Å². The van der Waals surface area contributed by atoms with E-state index >= 15 is 0 Å². The predicted molar refractivity (Wildman–Crippen MR) is 96.1 cm³/mol.